The normalized spacial score (nSPS) is 11.5. The Labute approximate surface area is 174 Å². The molecule has 0 atom stereocenters. The molecule has 3 heterocycles. The van der Waals surface area contributed by atoms with E-state index in [9.17, 15) is 13.2 Å². The number of sulfonamides is 1. The molecule has 0 bridgehead atoms. The number of nitrogens with one attached hydrogen (secondary N) is 2. The molecule has 0 saturated heterocycles. The molecule has 0 aliphatic rings. The van der Waals surface area contributed by atoms with Gasteiger partial charge in [-0.3, -0.25) is 4.79 Å². The van der Waals surface area contributed by atoms with Crippen LogP contribution in [0.5, 0.6) is 0 Å². The first-order valence-corrected chi connectivity index (χ1v) is 11.6. The van der Waals surface area contributed by atoms with Gasteiger partial charge in [-0.05, 0) is 36.6 Å². The lowest BCUT2D eigenvalue weighted by atomic mass is 10.1. The van der Waals surface area contributed by atoms with Crippen molar-refractivity contribution in [2.75, 3.05) is 10.0 Å². The van der Waals surface area contributed by atoms with Gasteiger partial charge in [0, 0.05) is 23.6 Å². The van der Waals surface area contributed by atoms with Crippen LogP contribution in [0.3, 0.4) is 0 Å². The van der Waals surface area contributed by atoms with Gasteiger partial charge in [0.15, 0.2) is 5.13 Å². The molecule has 0 aliphatic heterocycles. The summed E-state index contributed by atoms with van der Waals surface area (Å²) in [6.07, 6.45) is 1.50. The predicted octanol–water partition coefficient (Wildman–Crippen LogP) is 3.88. The minimum Gasteiger partial charge on any atom is -0.302 e. The second-order valence-corrected chi connectivity index (χ2v) is 9.90. The number of anilines is 2. The van der Waals surface area contributed by atoms with E-state index in [1.54, 1.807) is 24.4 Å². The van der Waals surface area contributed by atoms with Crippen LogP contribution in [-0.2, 0) is 14.8 Å². The molecular weight excluding hydrogens is 430 g/mol. The first kappa shape index (κ1) is 19.4. The van der Waals surface area contributed by atoms with Crippen molar-refractivity contribution in [2.24, 2.45) is 0 Å². The maximum atomic E-state index is 12.6. The van der Waals surface area contributed by atoms with Crippen LogP contribution in [0, 0.1) is 6.92 Å². The van der Waals surface area contributed by atoms with Gasteiger partial charge in [0.25, 0.3) is 10.0 Å². The number of hydrogen-bond donors (Lipinski definition) is 2. The van der Waals surface area contributed by atoms with Crippen molar-refractivity contribution in [1.29, 1.82) is 0 Å². The number of aryl methyl sites for hydroxylation is 1. The molecule has 4 rings (SSSR count). The predicted molar refractivity (Wildman–Crippen MR) is 115 cm³/mol. The molecule has 3 aromatic heterocycles. The van der Waals surface area contributed by atoms with Crippen molar-refractivity contribution in [1.82, 2.24) is 15.0 Å². The van der Waals surface area contributed by atoms with Gasteiger partial charge >= 0.3 is 0 Å². The summed E-state index contributed by atoms with van der Waals surface area (Å²) in [6.45, 7) is 3.18. The Bertz CT molecular complexity index is 1330. The molecule has 0 spiro atoms. The third kappa shape index (κ3) is 4.11. The number of carbonyl (C=O) groups excluding carboxylic acids is 1. The van der Waals surface area contributed by atoms with E-state index in [-0.39, 0.29) is 16.8 Å². The van der Waals surface area contributed by atoms with Crippen LogP contribution < -0.4 is 10.0 Å². The van der Waals surface area contributed by atoms with Gasteiger partial charge in [0.1, 0.15) is 4.90 Å². The lowest BCUT2D eigenvalue weighted by Gasteiger charge is -2.07. The topological polar surface area (TPSA) is 114 Å². The van der Waals surface area contributed by atoms with Gasteiger partial charge in [0.2, 0.25) is 11.9 Å². The lowest BCUT2D eigenvalue weighted by Crippen LogP contribution is -2.15. The van der Waals surface area contributed by atoms with E-state index in [2.05, 4.69) is 25.0 Å². The van der Waals surface area contributed by atoms with Crippen LogP contribution in [0.4, 0.5) is 11.1 Å². The summed E-state index contributed by atoms with van der Waals surface area (Å²) in [5, 5.41) is 4.92. The maximum Gasteiger partial charge on any atom is 0.265 e. The summed E-state index contributed by atoms with van der Waals surface area (Å²) in [6, 6.07) is 8.81. The van der Waals surface area contributed by atoms with Gasteiger partial charge in [-0.2, -0.15) is 0 Å². The first-order valence-electron chi connectivity index (χ1n) is 8.40. The minimum absolute atomic E-state index is 0.00330. The quantitative estimate of drug-likeness (QED) is 0.482. The Morgan fingerprint density at radius 1 is 1.14 bits per heavy atom. The molecule has 0 fully saturated rings. The Morgan fingerprint density at radius 3 is 2.69 bits per heavy atom. The third-order valence-electron chi connectivity index (χ3n) is 3.95. The van der Waals surface area contributed by atoms with Crippen LogP contribution in [0.1, 0.15) is 11.8 Å². The fraction of sp³-hybridized carbons (Fsp3) is 0.111. The zero-order valence-electron chi connectivity index (χ0n) is 15.3. The number of aromatic nitrogens is 3. The van der Waals surface area contributed by atoms with E-state index in [1.807, 2.05) is 18.2 Å². The molecule has 2 N–H and O–H groups in total. The highest BCUT2D eigenvalue weighted by Crippen LogP contribution is 2.30. The van der Waals surface area contributed by atoms with Crippen LogP contribution in [0.2, 0.25) is 0 Å². The zero-order valence-corrected chi connectivity index (χ0v) is 17.8. The summed E-state index contributed by atoms with van der Waals surface area (Å²) in [5.41, 5.74) is 2.10. The van der Waals surface area contributed by atoms with E-state index >= 15 is 0 Å². The van der Waals surface area contributed by atoms with Gasteiger partial charge < -0.3 is 5.32 Å². The van der Waals surface area contributed by atoms with Gasteiger partial charge in [-0.1, -0.05) is 17.4 Å². The molecule has 8 nitrogen and oxygen atoms in total. The second-order valence-electron chi connectivity index (χ2n) is 6.09. The number of amides is 1. The molecule has 1 aromatic carbocycles. The fourth-order valence-electron chi connectivity index (χ4n) is 2.68. The second kappa shape index (κ2) is 7.50. The van der Waals surface area contributed by atoms with Crippen LogP contribution >= 0.6 is 22.7 Å². The lowest BCUT2D eigenvalue weighted by molar-refractivity contribution is -0.114. The largest absolute Gasteiger partial charge is 0.302 e. The standard InChI is InChI=1S/C18H15N5O3S3/c1-10-16(6-8-27-10)29(25,26)23-17-19-7-5-13(21-17)12-3-4-14-15(9-12)28-18(22-14)20-11(2)24/h3-9H,1-2H3,(H,19,21,23)(H,20,22,24). The van der Waals surface area contributed by atoms with Crippen molar-refractivity contribution in [2.45, 2.75) is 18.7 Å². The van der Waals surface area contributed by atoms with Crippen molar-refractivity contribution in [3.8, 4) is 11.3 Å². The van der Waals surface area contributed by atoms with Crippen LogP contribution in [-0.4, -0.2) is 29.3 Å². The number of benzene rings is 1. The molecule has 0 radical (unpaired) electrons. The molecule has 1 amide bonds. The number of thiophene rings is 1. The number of fused-ring (bicyclic) bond motifs is 1. The maximum absolute atomic E-state index is 12.6. The SMILES string of the molecule is CC(=O)Nc1nc2ccc(-c3ccnc(NS(=O)(=O)c4ccsc4C)n3)cc2s1. The number of rotatable bonds is 5. The summed E-state index contributed by atoms with van der Waals surface area (Å²) < 4.78 is 28.5. The highest BCUT2D eigenvalue weighted by atomic mass is 32.2. The molecule has 0 aliphatic carbocycles. The van der Waals surface area contributed by atoms with Crippen LogP contribution in [0.15, 0.2) is 46.8 Å². The number of hydrogen-bond acceptors (Lipinski definition) is 8. The first-order chi connectivity index (χ1) is 13.8. The molecule has 148 valence electrons. The highest BCUT2D eigenvalue weighted by Gasteiger charge is 2.19. The van der Waals surface area contributed by atoms with Crippen LogP contribution in [0.25, 0.3) is 21.5 Å². The Hall–Kier alpha value is -2.89. The number of carbonyl (C=O) groups is 1. The average molecular weight is 446 g/mol. The van der Waals surface area contributed by atoms with Gasteiger partial charge in [-0.25, -0.2) is 28.1 Å². The molecule has 4 aromatic rings. The summed E-state index contributed by atoms with van der Waals surface area (Å²) in [5.74, 6) is -0.186. The van der Waals surface area contributed by atoms with E-state index in [1.165, 1.54) is 35.8 Å². The van der Waals surface area contributed by atoms with E-state index in [0.717, 1.165) is 15.8 Å². The zero-order chi connectivity index (χ0) is 20.6. The van der Waals surface area contributed by atoms with E-state index in [0.29, 0.717) is 15.7 Å². The molecule has 0 unspecified atom stereocenters. The van der Waals surface area contributed by atoms with Gasteiger partial charge in [-0.15, -0.1) is 11.3 Å². The van der Waals surface area contributed by atoms with E-state index in [4.69, 9.17) is 0 Å². The van der Waals surface area contributed by atoms with Crippen molar-refractivity contribution >= 4 is 59.9 Å². The number of nitrogens with zero attached hydrogens (tertiary/aromatic N) is 3. The van der Waals surface area contributed by atoms with Crippen molar-refractivity contribution in [3.05, 3.63) is 46.8 Å². The molecular formula is C18H15N5O3S3. The summed E-state index contributed by atoms with van der Waals surface area (Å²) >= 11 is 2.71. The average Bonchev–Trinajstić information content (AvgIpc) is 3.26. The summed E-state index contributed by atoms with van der Waals surface area (Å²) in [7, 11) is -3.76. The third-order valence-corrected chi connectivity index (χ3v) is 7.33. The smallest absolute Gasteiger partial charge is 0.265 e. The van der Waals surface area contributed by atoms with Gasteiger partial charge in [0.05, 0.1) is 15.9 Å². The molecule has 0 saturated carbocycles. The molecule has 29 heavy (non-hydrogen) atoms. The molecule has 11 heteroatoms. The fourth-order valence-corrected chi connectivity index (χ4v) is 5.86. The number of thiazole rings is 1. The van der Waals surface area contributed by atoms with E-state index < -0.39 is 10.0 Å². The Kier molecular flexibility index (Phi) is 5.03. The monoisotopic (exact) mass is 445 g/mol. The Morgan fingerprint density at radius 2 is 1.97 bits per heavy atom. The highest BCUT2D eigenvalue weighted by molar-refractivity contribution is 7.92. The van der Waals surface area contributed by atoms with Crippen molar-refractivity contribution in [3.63, 3.8) is 0 Å². The van der Waals surface area contributed by atoms with Crippen molar-refractivity contribution < 1.29 is 13.2 Å². The minimum atomic E-state index is -3.76. The summed E-state index contributed by atoms with van der Waals surface area (Å²) in [4.78, 5) is 24.9. The Balaban J connectivity index is 1.65.